The second-order valence-corrected chi connectivity index (χ2v) is 9.50. The molecule has 1 saturated heterocycles. The number of likely N-dealkylation sites (tertiary alicyclic amines) is 1. The summed E-state index contributed by atoms with van der Waals surface area (Å²) in [6.07, 6.45) is 7.13. The van der Waals surface area contributed by atoms with Crippen molar-refractivity contribution in [3.63, 3.8) is 0 Å². The molecule has 0 aromatic heterocycles. The fourth-order valence-corrected chi connectivity index (χ4v) is 5.94. The molecule has 1 heterocycles. The van der Waals surface area contributed by atoms with Crippen molar-refractivity contribution in [2.24, 2.45) is 5.92 Å². The number of fused-ring (bicyclic) bond motifs is 1. The third kappa shape index (κ3) is 3.98. The van der Waals surface area contributed by atoms with Crippen LogP contribution in [0, 0.1) is 17.2 Å². The van der Waals surface area contributed by atoms with Gasteiger partial charge in [-0.2, -0.15) is 5.26 Å². The normalized spacial score (nSPS) is 18.8. The Balaban J connectivity index is 1.38. The molecular formula is C30H32N2. The van der Waals surface area contributed by atoms with Crippen LogP contribution in [0.5, 0.6) is 0 Å². The number of rotatable bonds is 6. The topological polar surface area (TPSA) is 27.0 Å². The summed E-state index contributed by atoms with van der Waals surface area (Å²) >= 11 is 0. The van der Waals surface area contributed by atoms with Crippen LogP contribution >= 0.6 is 0 Å². The van der Waals surface area contributed by atoms with E-state index < -0.39 is 5.41 Å². The maximum absolute atomic E-state index is 10.7. The van der Waals surface area contributed by atoms with Crippen molar-refractivity contribution in [1.82, 2.24) is 4.90 Å². The van der Waals surface area contributed by atoms with Gasteiger partial charge in [0.1, 0.15) is 5.41 Å². The maximum Gasteiger partial charge on any atom is 0.111 e. The van der Waals surface area contributed by atoms with Crippen molar-refractivity contribution in [3.8, 4) is 6.07 Å². The van der Waals surface area contributed by atoms with E-state index in [1.54, 1.807) is 11.1 Å². The largest absolute Gasteiger partial charge is 0.303 e. The van der Waals surface area contributed by atoms with E-state index in [1.807, 2.05) is 12.1 Å². The van der Waals surface area contributed by atoms with Gasteiger partial charge in [-0.1, -0.05) is 78.9 Å². The van der Waals surface area contributed by atoms with Crippen molar-refractivity contribution in [1.29, 1.82) is 5.26 Å². The highest BCUT2D eigenvalue weighted by Crippen LogP contribution is 2.43. The number of hydrogen-bond acceptors (Lipinski definition) is 2. The lowest BCUT2D eigenvalue weighted by molar-refractivity contribution is 0.148. The minimum Gasteiger partial charge on any atom is -0.303 e. The van der Waals surface area contributed by atoms with Gasteiger partial charge in [-0.05, 0) is 78.8 Å². The third-order valence-corrected chi connectivity index (χ3v) is 7.63. The number of benzene rings is 3. The monoisotopic (exact) mass is 420 g/mol. The summed E-state index contributed by atoms with van der Waals surface area (Å²) in [7, 11) is 0. The molecule has 1 fully saturated rings. The highest BCUT2D eigenvalue weighted by molar-refractivity contribution is 5.47. The molecule has 0 N–H and O–H groups in total. The average molecular weight is 421 g/mol. The Hall–Kier alpha value is -2.89. The minimum atomic E-state index is -0.602. The molecule has 0 spiro atoms. The first-order valence-electron chi connectivity index (χ1n) is 12.1. The molecule has 1 unspecified atom stereocenters. The SMILES string of the molecule is N#CC(c1ccccc1)(c1ccccc1)C1CCCN(CCc2ccc3c(c2)CCC3)C1. The Kier molecular flexibility index (Phi) is 6.10. The van der Waals surface area contributed by atoms with E-state index in [1.165, 1.54) is 24.8 Å². The van der Waals surface area contributed by atoms with Crippen molar-refractivity contribution in [2.75, 3.05) is 19.6 Å². The zero-order valence-corrected chi connectivity index (χ0v) is 18.8. The van der Waals surface area contributed by atoms with Crippen LogP contribution in [-0.4, -0.2) is 24.5 Å². The van der Waals surface area contributed by atoms with Crippen LogP contribution in [0.15, 0.2) is 78.9 Å². The minimum absolute atomic E-state index is 0.283. The van der Waals surface area contributed by atoms with Crippen LogP contribution in [0.2, 0.25) is 0 Å². The molecule has 5 rings (SSSR count). The van der Waals surface area contributed by atoms with Gasteiger partial charge in [0.25, 0.3) is 0 Å². The van der Waals surface area contributed by atoms with E-state index >= 15 is 0 Å². The summed E-state index contributed by atoms with van der Waals surface area (Å²) in [6, 6.07) is 30.8. The lowest BCUT2D eigenvalue weighted by Crippen LogP contribution is -2.46. The van der Waals surface area contributed by atoms with Gasteiger partial charge in [-0.15, -0.1) is 0 Å². The maximum atomic E-state index is 10.7. The number of nitrogens with zero attached hydrogens (tertiary/aromatic N) is 2. The Morgan fingerprint density at radius 3 is 2.22 bits per heavy atom. The Morgan fingerprint density at radius 1 is 0.844 bits per heavy atom. The molecule has 0 saturated carbocycles. The molecular weight excluding hydrogens is 388 g/mol. The highest BCUT2D eigenvalue weighted by atomic mass is 15.1. The smallest absolute Gasteiger partial charge is 0.111 e. The van der Waals surface area contributed by atoms with Gasteiger partial charge >= 0.3 is 0 Å². The van der Waals surface area contributed by atoms with Gasteiger partial charge < -0.3 is 4.90 Å². The molecule has 2 nitrogen and oxygen atoms in total. The summed E-state index contributed by atoms with van der Waals surface area (Å²) in [6.45, 7) is 3.18. The predicted molar refractivity (Wildman–Crippen MR) is 131 cm³/mol. The second kappa shape index (κ2) is 9.31. The lowest BCUT2D eigenvalue weighted by atomic mass is 9.64. The van der Waals surface area contributed by atoms with Crippen molar-refractivity contribution in [3.05, 3.63) is 107 Å². The molecule has 3 aromatic rings. The Labute approximate surface area is 192 Å². The van der Waals surface area contributed by atoms with E-state index in [0.717, 1.165) is 50.0 Å². The fourth-order valence-electron chi connectivity index (χ4n) is 5.94. The summed E-state index contributed by atoms with van der Waals surface area (Å²) in [5.41, 5.74) is 6.23. The van der Waals surface area contributed by atoms with Gasteiger partial charge in [0, 0.05) is 13.1 Å². The quantitative estimate of drug-likeness (QED) is 0.493. The predicted octanol–water partition coefficient (Wildman–Crippen LogP) is 5.94. The van der Waals surface area contributed by atoms with Crippen molar-refractivity contribution < 1.29 is 0 Å². The lowest BCUT2D eigenvalue weighted by Gasteiger charge is -2.42. The average Bonchev–Trinajstić information content (AvgIpc) is 3.33. The fraction of sp³-hybridized carbons (Fsp3) is 0.367. The van der Waals surface area contributed by atoms with Gasteiger partial charge in [-0.25, -0.2) is 0 Å². The first kappa shape index (κ1) is 21.0. The Morgan fingerprint density at radius 2 is 1.53 bits per heavy atom. The molecule has 1 aliphatic heterocycles. The molecule has 0 amide bonds. The van der Waals surface area contributed by atoms with Crippen LogP contribution in [0.25, 0.3) is 0 Å². The van der Waals surface area contributed by atoms with E-state index in [4.69, 9.17) is 0 Å². The second-order valence-electron chi connectivity index (χ2n) is 9.50. The highest BCUT2D eigenvalue weighted by Gasteiger charge is 2.44. The first-order valence-corrected chi connectivity index (χ1v) is 12.1. The van der Waals surface area contributed by atoms with Crippen LogP contribution < -0.4 is 0 Å². The molecule has 0 bridgehead atoms. The van der Waals surface area contributed by atoms with Crippen LogP contribution in [0.3, 0.4) is 0 Å². The van der Waals surface area contributed by atoms with Crippen LogP contribution in [-0.2, 0) is 24.7 Å². The van der Waals surface area contributed by atoms with Gasteiger partial charge in [0.05, 0.1) is 6.07 Å². The molecule has 3 aromatic carbocycles. The van der Waals surface area contributed by atoms with Crippen molar-refractivity contribution in [2.45, 2.75) is 43.9 Å². The van der Waals surface area contributed by atoms with E-state index in [9.17, 15) is 5.26 Å². The van der Waals surface area contributed by atoms with Gasteiger partial charge in [0.15, 0.2) is 0 Å². The molecule has 1 aliphatic carbocycles. The van der Waals surface area contributed by atoms with E-state index in [-0.39, 0.29) is 5.92 Å². The van der Waals surface area contributed by atoms with E-state index in [0.29, 0.717) is 0 Å². The zero-order valence-electron chi connectivity index (χ0n) is 18.8. The molecule has 2 aliphatic rings. The summed E-state index contributed by atoms with van der Waals surface area (Å²) in [5.74, 6) is 0.283. The first-order chi connectivity index (χ1) is 15.8. The molecule has 0 radical (unpaired) electrons. The summed E-state index contributed by atoms with van der Waals surface area (Å²) in [5, 5.41) is 10.7. The van der Waals surface area contributed by atoms with Gasteiger partial charge in [0.2, 0.25) is 0 Å². The van der Waals surface area contributed by atoms with Crippen LogP contribution in [0.1, 0.15) is 47.1 Å². The van der Waals surface area contributed by atoms with Crippen LogP contribution in [0.4, 0.5) is 0 Å². The number of piperidine rings is 1. The number of nitriles is 1. The third-order valence-electron chi connectivity index (χ3n) is 7.63. The summed E-state index contributed by atoms with van der Waals surface area (Å²) in [4.78, 5) is 2.60. The Bertz CT molecular complexity index is 1040. The van der Waals surface area contributed by atoms with Gasteiger partial charge in [-0.3, -0.25) is 0 Å². The standard InChI is InChI=1S/C30H32N2/c31-23-30(27-11-3-1-4-12-27,28-13-5-2-6-14-28)29-15-8-19-32(22-29)20-18-24-16-17-25-9-7-10-26(25)21-24/h1-6,11-14,16-17,21,29H,7-10,15,18-20,22H2. The number of hydrogen-bond donors (Lipinski definition) is 0. The van der Waals surface area contributed by atoms with E-state index in [2.05, 4.69) is 77.7 Å². The molecule has 1 atom stereocenters. The van der Waals surface area contributed by atoms with Crippen molar-refractivity contribution >= 4 is 0 Å². The molecule has 32 heavy (non-hydrogen) atoms. The molecule has 162 valence electrons. The molecule has 2 heteroatoms. The zero-order chi connectivity index (χ0) is 21.8. The number of aryl methyl sites for hydroxylation is 2. The summed E-state index contributed by atoms with van der Waals surface area (Å²) < 4.78 is 0.